The molecule has 0 saturated heterocycles. The highest BCUT2D eigenvalue weighted by Crippen LogP contribution is 2.32. The van der Waals surface area contributed by atoms with E-state index in [4.69, 9.17) is 5.73 Å². The van der Waals surface area contributed by atoms with Crippen LogP contribution in [-0.2, 0) is 9.59 Å². The number of hydrogen-bond acceptors (Lipinski definition) is 3. The van der Waals surface area contributed by atoms with Crippen LogP contribution in [0.15, 0.2) is 16.6 Å². The summed E-state index contributed by atoms with van der Waals surface area (Å²) in [5.41, 5.74) is 5.09. The number of carbonyl (C=O) groups excluding carboxylic acids is 3. The third-order valence-electron chi connectivity index (χ3n) is 2.33. The molecule has 2 rings (SSSR count). The molecule has 0 unspecified atom stereocenters. The van der Waals surface area contributed by atoms with Gasteiger partial charge in [0.05, 0.1) is 15.7 Å². The summed E-state index contributed by atoms with van der Waals surface area (Å²) in [6.07, 6.45) is 0. The minimum absolute atomic E-state index is 0.0597. The number of amides is 2. The number of benzene rings is 1. The number of primary amides is 1. The van der Waals surface area contributed by atoms with E-state index in [1.54, 1.807) is 0 Å². The Hall–Kier alpha value is -1.76. The maximum atomic E-state index is 13.3. The Morgan fingerprint density at radius 2 is 2.06 bits per heavy atom. The number of fused-ring (bicyclic) bond motifs is 1. The Balaban J connectivity index is 2.56. The molecule has 0 radical (unpaired) electrons. The summed E-state index contributed by atoms with van der Waals surface area (Å²) < 4.78 is 13.4. The van der Waals surface area contributed by atoms with Gasteiger partial charge in [0.2, 0.25) is 5.91 Å². The monoisotopic (exact) mass is 300 g/mol. The summed E-state index contributed by atoms with van der Waals surface area (Å²) in [6, 6.07) is 2.23. The van der Waals surface area contributed by atoms with E-state index in [0.29, 0.717) is 0 Å². The molecule has 7 heteroatoms. The van der Waals surface area contributed by atoms with Gasteiger partial charge in [-0.3, -0.25) is 19.3 Å². The first-order chi connectivity index (χ1) is 7.91. The highest BCUT2D eigenvalue weighted by atomic mass is 79.9. The summed E-state index contributed by atoms with van der Waals surface area (Å²) >= 11 is 2.92. The standard InChI is InChI=1S/C10H6BrFN2O3/c11-5-1-4-7(2-6(5)12)14(3-8(13)15)10(17)9(4)16/h1-2H,3H2,(H2,13,15). The van der Waals surface area contributed by atoms with Gasteiger partial charge in [-0.15, -0.1) is 0 Å². The molecule has 1 aliphatic heterocycles. The third kappa shape index (κ3) is 1.82. The second kappa shape index (κ2) is 3.92. The first-order valence-electron chi connectivity index (χ1n) is 4.55. The fourth-order valence-electron chi connectivity index (χ4n) is 1.60. The molecule has 17 heavy (non-hydrogen) atoms. The van der Waals surface area contributed by atoms with E-state index in [1.165, 1.54) is 6.07 Å². The number of halogens is 2. The number of hydrogen-bond donors (Lipinski definition) is 1. The van der Waals surface area contributed by atoms with Gasteiger partial charge in [-0.1, -0.05) is 0 Å². The lowest BCUT2D eigenvalue weighted by Crippen LogP contribution is -2.37. The largest absolute Gasteiger partial charge is 0.368 e. The van der Waals surface area contributed by atoms with Crippen LogP contribution in [0.5, 0.6) is 0 Å². The van der Waals surface area contributed by atoms with Crippen molar-refractivity contribution in [3.63, 3.8) is 0 Å². The van der Waals surface area contributed by atoms with Gasteiger partial charge in [0, 0.05) is 0 Å². The number of nitrogens with zero attached hydrogens (tertiary/aromatic N) is 1. The van der Waals surface area contributed by atoms with Crippen LogP contribution in [0.1, 0.15) is 10.4 Å². The lowest BCUT2D eigenvalue weighted by atomic mass is 10.1. The first-order valence-corrected chi connectivity index (χ1v) is 5.34. The third-order valence-corrected chi connectivity index (χ3v) is 2.94. The van der Waals surface area contributed by atoms with Gasteiger partial charge in [-0.05, 0) is 28.1 Å². The molecule has 5 nitrogen and oxygen atoms in total. The zero-order chi connectivity index (χ0) is 12.7. The molecule has 2 amide bonds. The van der Waals surface area contributed by atoms with Crippen LogP contribution in [0.2, 0.25) is 0 Å². The second-order valence-corrected chi connectivity index (χ2v) is 4.32. The van der Waals surface area contributed by atoms with Crippen molar-refractivity contribution in [1.82, 2.24) is 0 Å². The molecule has 1 heterocycles. The molecule has 0 bridgehead atoms. The minimum atomic E-state index is -0.878. The Kier molecular flexibility index (Phi) is 2.70. The van der Waals surface area contributed by atoms with Gasteiger partial charge in [0.15, 0.2) is 0 Å². The van der Waals surface area contributed by atoms with Gasteiger partial charge >= 0.3 is 0 Å². The molecule has 88 valence electrons. The fourth-order valence-corrected chi connectivity index (χ4v) is 1.94. The molecule has 0 aliphatic carbocycles. The normalized spacial score (nSPS) is 14.1. The lowest BCUT2D eigenvalue weighted by molar-refractivity contribution is -0.119. The molecule has 0 atom stereocenters. The zero-order valence-corrected chi connectivity index (χ0v) is 9.95. The van der Waals surface area contributed by atoms with Crippen LogP contribution < -0.4 is 10.6 Å². The van der Waals surface area contributed by atoms with Crippen molar-refractivity contribution in [3.8, 4) is 0 Å². The molecule has 0 aromatic heterocycles. The molecular weight excluding hydrogens is 295 g/mol. The van der Waals surface area contributed by atoms with Gasteiger partial charge in [0.1, 0.15) is 12.4 Å². The van der Waals surface area contributed by atoms with Crippen molar-refractivity contribution < 1.29 is 18.8 Å². The summed E-state index contributed by atoms with van der Waals surface area (Å²) in [7, 11) is 0. The average Bonchev–Trinajstić information content (AvgIpc) is 2.45. The van der Waals surface area contributed by atoms with Gasteiger partial charge in [0.25, 0.3) is 11.7 Å². The first kappa shape index (κ1) is 11.7. The Labute approximate surface area is 104 Å². The van der Waals surface area contributed by atoms with E-state index >= 15 is 0 Å². The average molecular weight is 301 g/mol. The van der Waals surface area contributed by atoms with Crippen LogP contribution in [0, 0.1) is 5.82 Å². The number of Topliss-reactive ketones (excluding diaryl/α,β-unsaturated/α-hetero) is 1. The van der Waals surface area contributed by atoms with Crippen molar-refractivity contribution in [3.05, 3.63) is 28.0 Å². The van der Waals surface area contributed by atoms with Gasteiger partial charge < -0.3 is 5.73 Å². The van der Waals surface area contributed by atoms with Crippen LogP contribution >= 0.6 is 15.9 Å². The quantitative estimate of drug-likeness (QED) is 0.812. The predicted molar refractivity (Wildman–Crippen MR) is 60.0 cm³/mol. The van der Waals surface area contributed by atoms with Crippen molar-refractivity contribution in [2.75, 3.05) is 11.4 Å². The van der Waals surface area contributed by atoms with Crippen molar-refractivity contribution >= 4 is 39.2 Å². The summed E-state index contributed by atoms with van der Waals surface area (Å²) in [5, 5.41) is 0. The van der Waals surface area contributed by atoms with E-state index in [2.05, 4.69) is 15.9 Å². The zero-order valence-electron chi connectivity index (χ0n) is 8.37. The van der Waals surface area contributed by atoms with E-state index in [9.17, 15) is 18.8 Å². The molecule has 1 aliphatic rings. The van der Waals surface area contributed by atoms with Crippen LogP contribution in [0.25, 0.3) is 0 Å². The van der Waals surface area contributed by atoms with E-state index in [1.807, 2.05) is 0 Å². The minimum Gasteiger partial charge on any atom is -0.368 e. The molecule has 0 spiro atoms. The molecule has 1 aromatic rings. The van der Waals surface area contributed by atoms with Crippen LogP contribution in [-0.4, -0.2) is 24.1 Å². The molecule has 0 fully saturated rings. The fraction of sp³-hybridized carbons (Fsp3) is 0.100. The van der Waals surface area contributed by atoms with Crippen molar-refractivity contribution in [2.45, 2.75) is 0 Å². The number of anilines is 1. The van der Waals surface area contributed by atoms with E-state index < -0.39 is 30.0 Å². The number of carbonyl (C=O) groups is 3. The maximum absolute atomic E-state index is 13.3. The summed E-state index contributed by atoms with van der Waals surface area (Å²) in [6.45, 7) is -0.446. The van der Waals surface area contributed by atoms with E-state index in [0.717, 1.165) is 11.0 Å². The Morgan fingerprint density at radius 3 is 2.65 bits per heavy atom. The molecule has 0 saturated carbocycles. The van der Waals surface area contributed by atoms with Crippen LogP contribution in [0.3, 0.4) is 0 Å². The van der Waals surface area contributed by atoms with Crippen LogP contribution in [0.4, 0.5) is 10.1 Å². The van der Waals surface area contributed by atoms with E-state index in [-0.39, 0.29) is 15.7 Å². The topological polar surface area (TPSA) is 80.5 Å². The molecule has 1 aromatic carbocycles. The molecule has 2 N–H and O–H groups in total. The number of nitrogens with two attached hydrogens (primary N) is 1. The van der Waals surface area contributed by atoms with Crippen molar-refractivity contribution in [1.29, 1.82) is 0 Å². The van der Waals surface area contributed by atoms with Gasteiger partial charge in [-0.2, -0.15) is 0 Å². The predicted octanol–water partition coefficient (Wildman–Crippen LogP) is 0.603. The highest BCUT2D eigenvalue weighted by molar-refractivity contribution is 9.10. The Morgan fingerprint density at radius 1 is 1.41 bits per heavy atom. The second-order valence-electron chi connectivity index (χ2n) is 3.47. The Bertz CT molecular complexity index is 559. The van der Waals surface area contributed by atoms with Crippen molar-refractivity contribution in [2.24, 2.45) is 5.73 Å². The maximum Gasteiger partial charge on any atom is 0.299 e. The molecular formula is C10H6BrFN2O3. The lowest BCUT2D eigenvalue weighted by Gasteiger charge is -2.14. The number of ketones is 1. The summed E-state index contributed by atoms with van der Waals surface area (Å²) in [4.78, 5) is 34.8. The summed E-state index contributed by atoms with van der Waals surface area (Å²) in [5.74, 6) is -3.05. The highest BCUT2D eigenvalue weighted by Gasteiger charge is 2.37. The SMILES string of the molecule is NC(=O)CN1C(=O)C(=O)c2cc(Br)c(F)cc21. The number of rotatable bonds is 2. The smallest absolute Gasteiger partial charge is 0.299 e. The van der Waals surface area contributed by atoms with Gasteiger partial charge in [-0.25, -0.2) is 4.39 Å².